The maximum atomic E-state index is 5.82. The van der Waals surface area contributed by atoms with E-state index in [4.69, 9.17) is 11.6 Å². The van der Waals surface area contributed by atoms with Gasteiger partial charge in [0.05, 0.1) is 8.07 Å². The van der Waals surface area contributed by atoms with E-state index in [1.165, 1.54) is 5.19 Å². The number of halogens is 1. The van der Waals surface area contributed by atoms with Gasteiger partial charge < -0.3 is 0 Å². The van der Waals surface area contributed by atoms with Gasteiger partial charge in [-0.05, 0) is 6.07 Å². The quantitative estimate of drug-likeness (QED) is 0.588. The van der Waals surface area contributed by atoms with Crippen LogP contribution in [0, 0.1) is 6.07 Å². The van der Waals surface area contributed by atoms with Gasteiger partial charge in [-0.25, -0.2) is 0 Å². The first kappa shape index (κ1) is 8.82. The molecule has 0 nitrogen and oxygen atoms in total. The third-order valence-electron chi connectivity index (χ3n) is 1.57. The average Bonchev–Trinajstić information content (AvgIpc) is 1.86. The summed E-state index contributed by atoms with van der Waals surface area (Å²) < 4.78 is 0. The lowest BCUT2D eigenvalue weighted by Gasteiger charge is -2.15. The van der Waals surface area contributed by atoms with Crippen LogP contribution in [0.1, 0.15) is 0 Å². The van der Waals surface area contributed by atoms with Gasteiger partial charge in [0.2, 0.25) is 0 Å². The SMILES string of the molecule is C[Si](C)(C)c1[c]c(Cl)ccc1. The lowest BCUT2D eigenvalue weighted by Crippen LogP contribution is -2.37. The molecule has 1 radical (unpaired) electrons. The van der Waals surface area contributed by atoms with E-state index in [1.54, 1.807) is 0 Å². The zero-order chi connectivity index (χ0) is 8.48. The average molecular weight is 184 g/mol. The van der Waals surface area contributed by atoms with Crippen molar-refractivity contribution in [2.45, 2.75) is 19.6 Å². The molecule has 0 aromatic heterocycles. The third-order valence-corrected chi connectivity index (χ3v) is 3.70. The Morgan fingerprint density at radius 3 is 2.27 bits per heavy atom. The van der Waals surface area contributed by atoms with Crippen molar-refractivity contribution >= 4 is 24.9 Å². The van der Waals surface area contributed by atoms with E-state index < -0.39 is 8.07 Å². The van der Waals surface area contributed by atoms with Gasteiger partial charge in [0.15, 0.2) is 0 Å². The van der Waals surface area contributed by atoms with Gasteiger partial charge in [0, 0.05) is 11.1 Å². The summed E-state index contributed by atoms with van der Waals surface area (Å²) in [6.45, 7) is 6.86. The first-order chi connectivity index (χ1) is 5.00. The van der Waals surface area contributed by atoms with Crippen LogP contribution in [0.3, 0.4) is 0 Å². The van der Waals surface area contributed by atoms with Gasteiger partial charge in [-0.15, -0.1) is 0 Å². The van der Waals surface area contributed by atoms with E-state index in [9.17, 15) is 0 Å². The molecular formula is C9H12ClSi. The fourth-order valence-corrected chi connectivity index (χ4v) is 2.24. The second kappa shape index (κ2) is 3.00. The highest BCUT2D eigenvalue weighted by molar-refractivity contribution is 6.88. The van der Waals surface area contributed by atoms with Crippen molar-refractivity contribution < 1.29 is 0 Å². The molecule has 0 atom stereocenters. The van der Waals surface area contributed by atoms with E-state index in [2.05, 4.69) is 31.8 Å². The predicted octanol–water partition coefficient (Wildman–Crippen LogP) is 2.69. The Morgan fingerprint density at radius 2 is 1.91 bits per heavy atom. The van der Waals surface area contributed by atoms with E-state index in [1.807, 2.05) is 12.1 Å². The van der Waals surface area contributed by atoms with Crippen molar-refractivity contribution in [1.82, 2.24) is 0 Å². The molecule has 2 heteroatoms. The molecule has 0 saturated carbocycles. The Kier molecular flexibility index (Phi) is 2.40. The number of hydrogen-bond acceptors (Lipinski definition) is 0. The molecule has 0 unspecified atom stereocenters. The molecule has 11 heavy (non-hydrogen) atoms. The van der Waals surface area contributed by atoms with Gasteiger partial charge in [0.1, 0.15) is 0 Å². The predicted molar refractivity (Wildman–Crippen MR) is 53.3 cm³/mol. The van der Waals surface area contributed by atoms with Gasteiger partial charge in [-0.2, -0.15) is 0 Å². The Labute approximate surface area is 74.2 Å². The van der Waals surface area contributed by atoms with Crippen molar-refractivity contribution in [3.63, 3.8) is 0 Å². The smallest absolute Gasteiger partial charge is 0.0784 e. The first-order valence-corrected chi connectivity index (χ1v) is 7.56. The number of hydrogen-bond donors (Lipinski definition) is 0. The van der Waals surface area contributed by atoms with Crippen LogP contribution in [0.15, 0.2) is 18.2 Å². The summed E-state index contributed by atoms with van der Waals surface area (Å²) in [5, 5.41) is 2.02. The van der Waals surface area contributed by atoms with E-state index in [0.29, 0.717) is 0 Å². The Bertz CT molecular complexity index is 250. The monoisotopic (exact) mass is 183 g/mol. The van der Waals surface area contributed by atoms with Crippen molar-refractivity contribution in [2.75, 3.05) is 0 Å². The van der Waals surface area contributed by atoms with E-state index in [0.717, 1.165) is 5.02 Å². The van der Waals surface area contributed by atoms with Crippen LogP contribution < -0.4 is 5.19 Å². The summed E-state index contributed by atoms with van der Waals surface area (Å²) >= 11 is 5.82. The zero-order valence-corrected chi connectivity index (χ0v) is 8.87. The molecule has 0 saturated heterocycles. The van der Waals surface area contributed by atoms with Gasteiger partial charge >= 0.3 is 0 Å². The highest BCUT2D eigenvalue weighted by atomic mass is 35.5. The summed E-state index contributed by atoms with van der Waals surface area (Å²) in [6, 6.07) is 9.14. The maximum absolute atomic E-state index is 5.82. The number of benzene rings is 1. The molecule has 0 aliphatic heterocycles. The molecule has 1 rings (SSSR count). The van der Waals surface area contributed by atoms with Crippen LogP contribution in [0.25, 0.3) is 0 Å². The van der Waals surface area contributed by atoms with Gasteiger partial charge in [-0.3, -0.25) is 0 Å². The number of rotatable bonds is 1. The van der Waals surface area contributed by atoms with Crippen LogP contribution >= 0.6 is 11.6 Å². The lowest BCUT2D eigenvalue weighted by molar-refractivity contribution is 1.67. The van der Waals surface area contributed by atoms with Crippen molar-refractivity contribution in [3.05, 3.63) is 29.3 Å². The minimum Gasteiger partial charge on any atom is -0.0837 e. The Morgan fingerprint density at radius 1 is 1.27 bits per heavy atom. The summed E-state index contributed by atoms with van der Waals surface area (Å²) in [6.07, 6.45) is 0. The molecule has 1 aromatic rings. The van der Waals surface area contributed by atoms with Crippen LogP contribution in [-0.4, -0.2) is 8.07 Å². The standard InChI is InChI=1S/C9H12ClSi/c1-11(2,3)9-6-4-5-8(10)7-9/h4-6H,1-3H3. The third kappa shape index (κ3) is 2.35. The van der Waals surface area contributed by atoms with Crippen LogP contribution in [0.4, 0.5) is 0 Å². The van der Waals surface area contributed by atoms with Crippen molar-refractivity contribution in [1.29, 1.82) is 0 Å². The molecular weight excluding hydrogens is 172 g/mol. The highest BCUT2D eigenvalue weighted by Gasteiger charge is 2.15. The summed E-state index contributed by atoms with van der Waals surface area (Å²) in [7, 11) is -1.20. The first-order valence-electron chi connectivity index (χ1n) is 3.68. The van der Waals surface area contributed by atoms with E-state index in [-0.39, 0.29) is 0 Å². The molecule has 59 valence electrons. The van der Waals surface area contributed by atoms with Gasteiger partial charge in [0.25, 0.3) is 0 Å². The van der Waals surface area contributed by atoms with E-state index >= 15 is 0 Å². The van der Waals surface area contributed by atoms with Gasteiger partial charge in [-0.1, -0.05) is 48.6 Å². The Hall–Kier alpha value is -0.273. The summed E-state index contributed by atoms with van der Waals surface area (Å²) in [4.78, 5) is 0. The lowest BCUT2D eigenvalue weighted by atomic mass is 10.4. The molecule has 0 heterocycles. The largest absolute Gasteiger partial charge is 0.0837 e. The summed E-state index contributed by atoms with van der Waals surface area (Å²) in [5.74, 6) is 0. The molecule has 1 aromatic carbocycles. The highest BCUT2D eigenvalue weighted by Crippen LogP contribution is 2.07. The van der Waals surface area contributed by atoms with Crippen molar-refractivity contribution in [2.24, 2.45) is 0 Å². The molecule has 0 N–H and O–H groups in total. The minimum absolute atomic E-state index is 0.727. The fourth-order valence-electron chi connectivity index (χ4n) is 0.878. The normalized spacial score (nSPS) is 11.6. The summed E-state index contributed by atoms with van der Waals surface area (Å²) in [5.41, 5.74) is 0. The molecule has 0 fully saturated rings. The fraction of sp³-hybridized carbons (Fsp3) is 0.333. The van der Waals surface area contributed by atoms with Crippen LogP contribution in [0.2, 0.25) is 24.7 Å². The molecule has 0 bridgehead atoms. The van der Waals surface area contributed by atoms with Crippen molar-refractivity contribution in [3.8, 4) is 0 Å². The molecule has 0 spiro atoms. The topological polar surface area (TPSA) is 0 Å². The van der Waals surface area contributed by atoms with Crippen LogP contribution in [0.5, 0.6) is 0 Å². The molecule has 0 aliphatic rings. The second-order valence-electron chi connectivity index (χ2n) is 3.66. The molecule has 0 amide bonds. The minimum atomic E-state index is -1.20. The second-order valence-corrected chi connectivity index (χ2v) is 9.11. The van der Waals surface area contributed by atoms with Crippen LogP contribution in [-0.2, 0) is 0 Å². The molecule has 0 aliphatic carbocycles. The zero-order valence-electron chi connectivity index (χ0n) is 7.11. The Balaban J connectivity index is 3.06. The maximum Gasteiger partial charge on any atom is 0.0784 e.